The van der Waals surface area contributed by atoms with Crippen LogP contribution >= 0.6 is 0 Å². The molecule has 0 unspecified atom stereocenters. The fourth-order valence-electron chi connectivity index (χ4n) is 2.78. The minimum absolute atomic E-state index is 0.0738. The monoisotopic (exact) mass is 313 g/mol. The second kappa shape index (κ2) is 5.75. The van der Waals surface area contributed by atoms with Gasteiger partial charge in [-0.25, -0.2) is 0 Å². The predicted molar refractivity (Wildman–Crippen MR) is 78.6 cm³/mol. The van der Waals surface area contributed by atoms with E-state index in [9.17, 15) is 4.79 Å². The Balaban J connectivity index is 1.41. The fourth-order valence-corrected chi connectivity index (χ4v) is 2.78. The van der Waals surface area contributed by atoms with Gasteiger partial charge in [0.1, 0.15) is 0 Å². The zero-order valence-corrected chi connectivity index (χ0v) is 12.3. The van der Waals surface area contributed by atoms with E-state index in [1.54, 1.807) is 35.4 Å². The molecule has 1 saturated heterocycles. The lowest BCUT2D eigenvalue weighted by Gasteiger charge is -2.29. The molecule has 4 rings (SSSR count). The fraction of sp³-hybridized carbons (Fsp3) is 0.312. The zero-order chi connectivity index (χ0) is 15.6. The van der Waals surface area contributed by atoms with E-state index in [4.69, 9.17) is 13.3 Å². The summed E-state index contributed by atoms with van der Waals surface area (Å²) in [6.07, 6.45) is 4.64. The standard InChI is InChI=1S/C16H15N3O4/c20-16(13-4-2-10-22-13)19-7-5-11(6-8-19)14-17-18-15(23-14)12-3-1-9-21-12/h1-4,9-11H,5-8H2. The van der Waals surface area contributed by atoms with Crippen LogP contribution in [0.1, 0.15) is 35.2 Å². The Morgan fingerprint density at radius 3 is 2.57 bits per heavy atom. The number of rotatable bonds is 3. The van der Waals surface area contributed by atoms with Gasteiger partial charge in [0.15, 0.2) is 11.5 Å². The first kappa shape index (κ1) is 13.8. The third kappa shape index (κ3) is 2.65. The topological polar surface area (TPSA) is 85.5 Å². The second-order valence-electron chi connectivity index (χ2n) is 5.47. The summed E-state index contributed by atoms with van der Waals surface area (Å²) in [5.41, 5.74) is 0. The summed E-state index contributed by atoms with van der Waals surface area (Å²) in [7, 11) is 0. The molecule has 7 heteroatoms. The van der Waals surface area contributed by atoms with Gasteiger partial charge in [0.25, 0.3) is 11.8 Å². The van der Waals surface area contributed by atoms with Gasteiger partial charge in [-0.15, -0.1) is 10.2 Å². The normalized spacial score (nSPS) is 15.9. The molecule has 1 fully saturated rings. The number of hydrogen-bond acceptors (Lipinski definition) is 6. The summed E-state index contributed by atoms with van der Waals surface area (Å²) in [5, 5.41) is 8.14. The van der Waals surface area contributed by atoms with Crippen LogP contribution in [-0.4, -0.2) is 34.1 Å². The molecular formula is C16H15N3O4. The van der Waals surface area contributed by atoms with E-state index in [1.807, 2.05) is 0 Å². The van der Waals surface area contributed by atoms with Crippen molar-refractivity contribution in [3.8, 4) is 11.7 Å². The van der Waals surface area contributed by atoms with Crippen molar-refractivity contribution in [3.05, 3.63) is 48.4 Å². The Morgan fingerprint density at radius 2 is 1.87 bits per heavy atom. The van der Waals surface area contributed by atoms with E-state index in [2.05, 4.69) is 10.2 Å². The van der Waals surface area contributed by atoms with Crippen LogP contribution in [-0.2, 0) is 0 Å². The first-order valence-corrected chi connectivity index (χ1v) is 7.51. The van der Waals surface area contributed by atoms with Crippen molar-refractivity contribution in [1.29, 1.82) is 0 Å². The maximum Gasteiger partial charge on any atom is 0.289 e. The molecule has 0 atom stereocenters. The van der Waals surface area contributed by atoms with Gasteiger partial charge in [-0.05, 0) is 37.1 Å². The minimum atomic E-state index is -0.0738. The molecule has 0 bridgehead atoms. The summed E-state index contributed by atoms with van der Waals surface area (Å²) in [5.74, 6) is 2.01. The number of piperidine rings is 1. The summed E-state index contributed by atoms with van der Waals surface area (Å²) in [4.78, 5) is 14.0. The molecular weight excluding hydrogens is 298 g/mol. The zero-order valence-electron chi connectivity index (χ0n) is 12.3. The van der Waals surface area contributed by atoms with Crippen molar-refractivity contribution in [1.82, 2.24) is 15.1 Å². The van der Waals surface area contributed by atoms with Gasteiger partial charge in [-0.1, -0.05) is 0 Å². The lowest BCUT2D eigenvalue weighted by Crippen LogP contribution is -2.37. The van der Waals surface area contributed by atoms with Crippen LogP contribution in [0.2, 0.25) is 0 Å². The smallest absolute Gasteiger partial charge is 0.289 e. The molecule has 1 amide bonds. The summed E-state index contributed by atoms with van der Waals surface area (Å²) in [6.45, 7) is 1.28. The first-order chi connectivity index (χ1) is 11.3. The van der Waals surface area contributed by atoms with Crippen LogP contribution in [0.15, 0.2) is 50.0 Å². The number of aromatic nitrogens is 2. The van der Waals surface area contributed by atoms with Gasteiger partial charge in [-0.3, -0.25) is 4.79 Å². The summed E-state index contributed by atoms with van der Waals surface area (Å²) in [6, 6.07) is 6.95. The SMILES string of the molecule is O=C(c1ccco1)N1CCC(c2nnc(-c3ccco3)o2)CC1. The van der Waals surface area contributed by atoms with Crippen LogP contribution in [0.4, 0.5) is 0 Å². The van der Waals surface area contributed by atoms with Crippen molar-refractivity contribution in [2.45, 2.75) is 18.8 Å². The Morgan fingerprint density at radius 1 is 1.09 bits per heavy atom. The molecule has 7 nitrogen and oxygen atoms in total. The van der Waals surface area contributed by atoms with Gasteiger partial charge in [0.2, 0.25) is 5.89 Å². The van der Waals surface area contributed by atoms with Crippen LogP contribution in [0.5, 0.6) is 0 Å². The largest absolute Gasteiger partial charge is 0.459 e. The van der Waals surface area contributed by atoms with Crippen LogP contribution < -0.4 is 0 Å². The molecule has 0 saturated carbocycles. The molecule has 0 radical (unpaired) electrons. The van der Waals surface area contributed by atoms with E-state index >= 15 is 0 Å². The van der Waals surface area contributed by atoms with Gasteiger partial charge in [0, 0.05) is 19.0 Å². The Bertz CT molecular complexity index is 768. The van der Waals surface area contributed by atoms with Gasteiger partial charge < -0.3 is 18.2 Å². The molecule has 1 aliphatic rings. The van der Waals surface area contributed by atoms with E-state index in [1.165, 1.54) is 6.26 Å². The second-order valence-corrected chi connectivity index (χ2v) is 5.47. The molecule has 3 aromatic rings. The lowest BCUT2D eigenvalue weighted by molar-refractivity contribution is 0.0674. The highest BCUT2D eigenvalue weighted by atomic mass is 16.4. The van der Waals surface area contributed by atoms with Crippen molar-refractivity contribution in [3.63, 3.8) is 0 Å². The van der Waals surface area contributed by atoms with E-state index in [0.29, 0.717) is 36.4 Å². The number of furan rings is 2. The maximum absolute atomic E-state index is 12.2. The van der Waals surface area contributed by atoms with Crippen LogP contribution in [0.25, 0.3) is 11.7 Å². The molecule has 0 aliphatic carbocycles. The van der Waals surface area contributed by atoms with E-state index in [-0.39, 0.29) is 11.8 Å². The Hall–Kier alpha value is -2.83. The highest BCUT2D eigenvalue weighted by Crippen LogP contribution is 2.30. The molecule has 4 heterocycles. The average Bonchev–Trinajstić information content (AvgIpc) is 3.36. The number of amides is 1. The molecule has 1 aliphatic heterocycles. The van der Waals surface area contributed by atoms with Gasteiger partial charge >= 0.3 is 0 Å². The molecule has 0 spiro atoms. The van der Waals surface area contributed by atoms with Gasteiger partial charge in [-0.2, -0.15) is 0 Å². The Kier molecular flexibility index (Phi) is 3.45. The first-order valence-electron chi connectivity index (χ1n) is 7.51. The number of carbonyl (C=O) groups excluding carboxylic acids is 1. The quantitative estimate of drug-likeness (QED) is 0.739. The van der Waals surface area contributed by atoms with E-state index in [0.717, 1.165) is 12.8 Å². The third-order valence-corrected chi connectivity index (χ3v) is 4.04. The molecule has 3 aromatic heterocycles. The number of likely N-dealkylation sites (tertiary alicyclic amines) is 1. The van der Waals surface area contributed by atoms with E-state index < -0.39 is 0 Å². The summed E-state index contributed by atoms with van der Waals surface area (Å²) >= 11 is 0. The number of nitrogens with zero attached hydrogens (tertiary/aromatic N) is 3. The van der Waals surface area contributed by atoms with Crippen molar-refractivity contribution in [2.75, 3.05) is 13.1 Å². The molecule has 0 N–H and O–H groups in total. The lowest BCUT2D eigenvalue weighted by atomic mass is 9.96. The number of hydrogen-bond donors (Lipinski definition) is 0. The highest BCUT2D eigenvalue weighted by Gasteiger charge is 2.29. The molecule has 0 aromatic carbocycles. The summed E-state index contributed by atoms with van der Waals surface area (Å²) < 4.78 is 16.1. The molecule has 23 heavy (non-hydrogen) atoms. The highest BCUT2D eigenvalue weighted by molar-refractivity contribution is 5.91. The van der Waals surface area contributed by atoms with Crippen molar-refractivity contribution < 1.29 is 18.0 Å². The van der Waals surface area contributed by atoms with Crippen molar-refractivity contribution >= 4 is 5.91 Å². The minimum Gasteiger partial charge on any atom is -0.459 e. The van der Waals surface area contributed by atoms with Crippen LogP contribution in [0, 0.1) is 0 Å². The number of carbonyl (C=O) groups is 1. The molecule has 118 valence electrons. The third-order valence-electron chi connectivity index (χ3n) is 4.04. The maximum atomic E-state index is 12.2. The average molecular weight is 313 g/mol. The van der Waals surface area contributed by atoms with Crippen LogP contribution in [0.3, 0.4) is 0 Å². The predicted octanol–water partition coefficient (Wildman–Crippen LogP) is 2.94. The Labute approximate surface area is 131 Å². The van der Waals surface area contributed by atoms with Gasteiger partial charge in [0.05, 0.1) is 12.5 Å². The van der Waals surface area contributed by atoms with Crippen molar-refractivity contribution in [2.24, 2.45) is 0 Å².